The molecule has 0 aromatic heterocycles. The van der Waals surface area contributed by atoms with Gasteiger partial charge in [0.05, 0.1) is 5.56 Å². The lowest BCUT2D eigenvalue weighted by Crippen LogP contribution is -2.12. The molecule has 3 heteroatoms. The van der Waals surface area contributed by atoms with Crippen LogP contribution in [0.2, 0.25) is 0 Å². The minimum absolute atomic E-state index is 0.0529. The van der Waals surface area contributed by atoms with Crippen molar-refractivity contribution in [3.63, 3.8) is 0 Å². The lowest BCUT2D eigenvalue weighted by Gasteiger charge is -2.19. The molecule has 1 aromatic carbocycles. The first kappa shape index (κ1) is 12.1. The van der Waals surface area contributed by atoms with Crippen LogP contribution in [0, 0.1) is 6.92 Å². The molecule has 15 heavy (non-hydrogen) atoms. The molecule has 84 valence electrons. The highest BCUT2D eigenvalue weighted by Crippen LogP contribution is 2.37. The van der Waals surface area contributed by atoms with E-state index in [0.717, 1.165) is 11.6 Å². The Kier molecular flexibility index (Phi) is 3.42. The Bertz CT molecular complexity index is 339. The predicted octanol–water partition coefficient (Wildman–Crippen LogP) is 4.53. The minimum atomic E-state index is -4.25. The number of benzene rings is 1. The smallest absolute Gasteiger partial charge is 0.166 e. The van der Waals surface area contributed by atoms with Crippen molar-refractivity contribution in [2.45, 2.75) is 39.3 Å². The van der Waals surface area contributed by atoms with Gasteiger partial charge in [0.2, 0.25) is 0 Å². The summed E-state index contributed by atoms with van der Waals surface area (Å²) in [5.74, 6) is -0.0529. The number of halogens is 3. The lowest BCUT2D eigenvalue weighted by atomic mass is 9.89. The summed E-state index contributed by atoms with van der Waals surface area (Å²) < 4.78 is 38.2. The Balaban J connectivity index is 3.33. The van der Waals surface area contributed by atoms with Gasteiger partial charge in [0.1, 0.15) is 0 Å². The van der Waals surface area contributed by atoms with Gasteiger partial charge in [-0.05, 0) is 36.5 Å². The van der Waals surface area contributed by atoms with E-state index >= 15 is 0 Å². The summed E-state index contributed by atoms with van der Waals surface area (Å²) in [7, 11) is 0. The van der Waals surface area contributed by atoms with Crippen molar-refractivity contribution >= 4 is 0 Å². The second-order valence-electron chi connectivity index (χ2n) is 3.84. The maximum atomic E-state index is 12.7. The van der Waals surface area contributed by atoms with Crippen molar-refractivity contribution in [1.29, 1.82) is 0 Å². The van der Waals surface area contributed by atoms with E-state index in [1.807, 2.05) is 13.8 Å². The zero-order chi connectivity index (χ0) is 11.6. The summed E-state index contributed by atoms with van der Waals surface area (Å²) in [4.78, 5) is 0. The Morgan fingerprint density at radius 1 is 1.27 bits per heavy atom. The van der Waals surface area contributed by atoms with Crippen molar-refractivity contribution < 1.29 is 13.2 Å². The molecule has 0 N–H and O–H groups in total. The number of rotatable bonds is 2. The van der Waals surface area contributed by atoms with Crippen LogP contribution in [0.1, 0.15) is 42.9 Å². The molecule has 0 nitrogen and oxygen atoms in total. The van der Waals surface area contributed by atoms with Gasteiger partial charge in [-0.25, -0.2) is 0 Å². The van der Waals surface area contributed by atoms with Gasteiger partial charge in [-0.15, -0.1) is 0 Å². The summed E-state index contributed by atoms with van der Waals surface area (Å²) in [6.45, 7) is 5.46. The van der Waals surface area contributed by atoms with Crippen LogP contribution in [-0.4, -0.2) is 0 Å². The van der Waals surface area contributed by atoms with Crippen molar-refractivity contribution in [3.05, 3.63) is 34.9 Å². The van der Waals surface area contributed by atoms with E-state index in [0.29, 0.717) is 12.0 Å². The monoisotopic (exact) mass is 216 g/mol. The summed E-state index contributed by atoms with van der Waals surface area (Å²) in [6, 6.07) is 4.36. The molecule has 0 saturated carbocycles. The van der Waals surface area contributed by atoms with Gasteiger partial charge in [0.15, 0.2) is 0 Å². The highest BCUT2D eigenvalue weighted by atomic mass is 19.4. The molecule has 0 saturated heterocycles. The summed E-state index contributed by atoms with van der Waals surface area (Å²) in [5.41, 5.74) is 0.670. The molecule has 1 unspecified atom stereocenters. The molecule has 1 atom stereocenters. The second kappa shape index (κ2) is 4.25. The van der Waals surface area contributed by atoms with E-state index in [-0.39, 0.29) is 5.92 Å². The van der Waals surface area contributed by atoms with Crippen molar-refractivity contribution in [2.75, 3.05) is 0 Å². The van der Waals surface area contributed by atoms with E-state index in [2.05, 4.69) is 0 Å². The first-order valence-corrected chi connectivity index (χ1v) is 5.04. The van der Waals surface area contributed by atoms with Gasteiger partial charge in [-0.1, -0.05) is 26.0 Å². The maximum Gasteiger partial charge on any atom is 0.416 e. The average molecular weight is 216 g/mol. The second-order valence-corrected chi connectivity index (χ2v) is 3.84. The Hall–Kier alpha value is -0.990. The van der Waals surface area contributed by atoms with Gasteiger partial charge in [0.25, 0.3) is 0 Å². The first-order chi connectivity index (χ1) is 6.88. The van der Waals surface area contributed by atoms with Crippen LogP contribution in [0.3, 0.4) is 0 Å². The molecular weight excluding hydrogens is 201 g/mol. The number of hydrogen-bond donors (Lipinski definition) is 0. The number of hydrogen-bond acceptors (Lipinski definition) is 0. The lowest BCUT2D eigenvalue weighted by molar-refractivity contribution is -0.138. The number of aryl methyl sites for hydroxylation is 1. The topological polar surface area (TPSA) is 0 Å². The first-order valence-electron chi connectivity index (χ1n) is 5.04. The van der Waals surface area contributed by atoms with E-state index in [9.17, 15) is 13.2 Å². The third kappa shape index (κ3) is 2.52. The fourth-order valence-corrected chi connectivity index (χ4v) is 1.79. The Morgan fingerprint density at radius 3 is 2.33 bits per heavy atom. The van der Waals surface area contributed by atoms with Crippen molar-refractivity contribution in [2.24, 2.45) is 0 Å². The molecule has 0 heterocycles. The molecule has 1 rings (SSSR count). The third-order valence-corrected chi connectivity index (χ3v) is 2.73. The molecule has 0 spiro atoms. The normalized spacial score (nSPS) is 14.0. The largest absolute Gasteiger partial charge is 0.416 e. The van der Waals surface area contributed by atoms with Gasteiger partial charge in [-0.3, -0.25) is 0 Å². The maximum absolute atomic E-state index is 12.7. The van der Waals surface area contributed by atoms with Crippen LogP contribution < -0.4 is 0 Å². The Morgan fingerprint density at radius 2 is 1.87 bits per heavy atom. The fourth-order valence-electron chi connectivity index (χ4n) is 1.79. The molecule has 0 amide bonds. The number of alkyl halides is 3. The van der Waals surface area contributed by atoms with Crippen LogP contribution in [0.4, 0.5) is 13.2 Å². The van der Waals surface area contributed by atoms with Crippen molar-refractivity contribution in [3.8, 4) is 0 Å². The molecule has 0 radical (unpaired) electrons. The van der Waals surface area contributed by atoms with Crippen LogP contribution in [0.25, 0.3) is 0 Å². The average Bonchev–Trinajstić information content (AvgIpc) is 2.15. The van der Waals surface area contributed by atoms with E-state index < -0.39 is 11.7 Å². The molecule has 0 bridgehead atoms. The van der Waals surface area contributed by atoms with Crippen LogP contribution in [0.5, 0.6) is 0 Å². The molecule has 0 aliphatic rings. The van der Waals surface area contributed by atoms with Crippen molar-refractivity contribution in [1.82, 2.24) is 0 Å². The minimum Gasteiger partial charge on any atom is -0.166 e. The zero-order valence-electron chi connectivity index (χ0n) is 9.15. The van der Waals surface area contributed by atoms with Gasteiger partial charge < -0.3 is 0 Å². The third-order valence-electron chi connectivity index (χ3n) is 2.73. The highest BCUT2D eigenvalue weighted by Gasteiger charge is 2.34. The molecular formula is C12H15F3. The van der Waals surface area contributed by atoms with E-state index in [1.54, 1.807) is 13.0 Å². The SMILES string of the molecule is CCC(C)c1c(C)cccc1C(F)(F)F. The van der Waals surface area contributed by atoms with E-state index in [1.165, 1.54) is 6.07 Å². The van der Waals surface area contributed by atoms with Gasteiger partial charge in [-0.2, -0.15) is 13.2 Å². The molecule has 1 aromatic rings. The summed E-state index contributed by atoms with van der Waals surface area (Å²) >= 11 is 0. The molecule has 0 aliphatic heterocycles. The quantitative estimate of drug-likeness (QED) is 0.681. The van der Waals surface area contributed by atoms with Crippen LogP contribution in [0.15, 0.2) is 18.2 Å². The summed E-state index contributed by atoms with van der Waals surface area (Å²) in [5, 5.41) is 0. The zero-order valence-corrected chi connectivity index (χ0v) is 9.15. The highest BCUT2D eigenvalue weighted by molar-refractivity contribution is 5.38. The van der Waals surface area contributed by atoms with Gasteiger partial charge in [0, 0.05) is 0 Å². The van der Waals surface area contributed by atoms with Crippen LogP contribution >= 0.6 is 0 Å². The van der Waals surface area contributed by atoms with E-state index in [4.69, 9.17) is 0 Å². The molecule has 0 aliphatic carbocycles. The van der Waals surface area contributed by atoms with Crippen LogP contribution in [-0.2, 0) is 6.18 Å². The molecule has 0 fully saturated rings. The summed E-state index contributed by atoms with van der Waals surface area (Å²) in [6.07, 6.45) is -3.53. The standard InChI is InChI=1S/C12H15F3/c1-4-8(2)11-9(3)6-5-7-10(11)12(13,14)15/h5-8H,4H2,1-3H3. The van der Waals surface area contributed by atoms with Gasteiger partial charge >= 0.3 is 6.18 Å². The Labute approximate surface area is 88.1 Å². The predicted molar refractivity (Wildman–Crippen MR) is 54.9 cm³/mol. The fraction of sp³-hybridized carbons (Fsp3) is 0.500.